The van der Waals surface area contributed by atoms with Crippen LogP contribution in [-0.4, -0.2) is 16.7 Å². The van der Waals surface area contributed by atoms with Crippen molar-refractivity contribution in [3.63, 3.8) is 0 Å². The summed E-state index contributed by atoms with van der Waals surface area (Å²) in [5.41, 5.74) is -1.55. The fourth-order valence-electron chi connectivity index (χ4n) is 1.42. The Bertz CT molecular complexity index is 443. The Hall–Kier alpha value is -1.77. The summed E-state index contributed by atoms with van der Waals surface area (Å²) in [7, 11) is 0. The first-order valence-corrected chi connectivity index (χ1v) is 4.68. The minimum atomic E-state index is -4.28. The normalized spacial score (nSPS) is 17.6. The number of hydrogen-bond donors (Lipinski definition) is 1. The summed E-state index contributed by atoms with van der Waals surface area (Å²) in [4.78, 5) is 3.76. The van der Waals surface area contributed by atoms with Crippen molar-refractivity contribution in [2.24, 2.45) is 0 Å². The maximum Gasteiger partial charge on any atom is 0.411 e. The zero-order valence-electron chi connectivity index (χ0n) is 8.17. The molecule has 16 heavy (non-hydrogen) atoms. The average Bonchev–Trinajstić information content (AvgIpc) is 2.98. The molecule has 1 aromatic rings. The molecule has 2 rings (SSSR count). The Labute approximate surface area is 89.9 Å². The highest BCUT2D eigenvalue weighted by atomic mass is 19.4. The van der Waals surface area contributed by atoms with Crippen LogP contribution in [0.15, 0.2) is 18.3 Å². The largest absolute Gasteiger partial charge is 0.411 e. The van der Waals surface area contributed by atoms with Crippen LogP contribution in [0.4, 0.5) is 19.0 Å². The van der Waals surface area contributed by atoms with Crippen molar-refractivity contribution in [3.05, 3.63) is 23.9 Å². The molecule has 0 radical (unpaired) electrons. The van der Waals surface area contributed by atoms with E-state index in [2.05, 4.69) is 10.3 Å². The van der Waals surface area contributed by atoms with Crippen LogP contribution in [0.2, 0.25) is 0 Å². The molecule has 0 unspecified atom stereocenters. The smallest absolute Gasteiger partial charge is 0.356 e. The molecule has 6 heteroatoms. The Kier molecular flexibility index (Phi) is 2.26. The van der Waals surface area contributed by atoms with Gasteiger partial charge in [0.1, 0.15) is 11.4 Å². The molecule has 1 heterocycles. The molecule has 0 spiro atoms. The molecule has 1 aromatic heterocycles. The van der Waals surface area contributed by atoms with Crippen molar-refractivity contribution < 1.29 is 13.2 Å². The predicted molar refractivity (Wildman–Crippen MR) is 50.6 cm³/mol. The van der Waals surface area contributed by atoms with Crippen molar-refractivity contribution >= 4 is 5.82 Å². The van der Waals surface area contributed by atoms with Crippen LogP contribution in [0.1, 0.15) is 18.4 Å². The lowest BCUT2D eigenvalue weighted by Gasteiger charge is -2.21. The van der Waals surface area contributed by atoms with Gasteiger partial charge in [0.2, 0.25) is 0 Å². The van der Waals surface area contributed by atoms with Crippen molar-refractivity contribution in [2.75, 3.05) is 5.32 Å². The highest BCUT2D eigenvalue weighted by Gasteiger charge is 2.63. The maximum atomic E-state index is 12.6. The Morgan fingerprint density at radius 2 is 2.12 bits per heavy atom. The average molecular weight is 227 g/mol. The lowest BCUT2D eigenvalue weighted by atomic mass is 10.2. The summed E-state index contributed by atoms with van der Waals surface area (Å²) < 4.78 is 37.8. The highest BCUT2D eigenvalue weighted by Crippen LogP contribution is 2.50. The van der Waals surface area contributed by atoms with E-state index in [1.165, 1.54) is 18.3 Å². The molecule has 0 saturated heterocycles. The fourth-order valence-corrected chi connectivity index (χ4v) is 1.42. The fraction of sp³-hybridized carbons (Fsp3) is 0.400. The number of alkyl halides is 3. The lowest BCUT2D eigenvalue weighted by molar-refractivity contribution is -0.151. The minimum absolute atomic E-state index is 0.0506. The monoisotopic (exact) mass is 227 g/mol. The second-order valence-corrected chi connectivity index (χ2v) is 3.75. The number of nitrogens with one attached hydrogen (secondary N) is 1. The molecule has 0 aromatic carbocycles. The van der Waals surface area contributed by atoms with E-state index in [1.807, 2.05) is 6.07 Å². The van der Waals surface area contributed by atoms with Crippen LogP contribution >= 0.6 is 0 Å². The van der Waals surface area contributed by atoms with E-state index in [1.54, 1.807) is 0 Å². The van der Waals surface area contributed by atoms with Crippen LogP contribution in [0.25, 0.3) is 0 Å². The van der Waals surface area contributed by atoms with Gasteiger partial charge in [-0.25, -0.2) is 4.98 Å². The molecule has 1 aliphatic rings. The Morgan fingerprint density at radius 1 is 1.44 bits per heavy atom. The Balaban J connectivity index is 2.19. The van der Waals surface area contributed by atoms with Gasteiger partial charge in [-0.1, -0.05) is 0 Å². The number of nitriles is 1. The number of pyridine rings is 1. The van der Waals surface area contributed by atoms with E-state index >= 15 is 0 Å². The molecule has 1 N–H and O–H groups in total. The van der Waals surface area contributed by atoms with Gasteiger partial charge in [-0.2, -0.15) is 18.4 Å². The SMILES string of the molecule is N#Cc1ccnc(NC2(C(F)(F)F)CC2)c1. The summed E-state index contributed by atoms with van der Waals surface area (Å²) in [6.07, 6.45) is -2.87. The van der Waals surface area contributed by atoms with Gasteiger partial charge in [0.25, 0.3) is 0 Å². The van der Waals surface area contributed by atoms with Crippen LogP contribution in [-0.2, 0) is 0 Å². The number of aromatic nitrogens is 1. The topological polar surface area (TPSA) is 48.7 Å². The minimum Gasteiger partial charge on any atom is -0.356 e. The zero-order valence-corrected chi connectivity index (χ0v) is 8.17. The molecule has 0 aliphatic heterocycles. The summed E-state index contributed by atoms with van der Waals surface area (Å²) in [6.45, 7) is 0. The van der Waals surface area contributed by atoms with E-state index in [-0.39, 0.29) is 24.2 Å². The van der Waals surface area contributed by atoms with E-state index in [9.17, 15) is 13.2 Å². The van der Waals surface area contributed by atoms with Crippen molar-refractivity contribution in [1.29, 1.82) is 5.26 Å². The molecule has 1 aliphatic carbocycles. The van der Waals surface area contributed by atoms with E-state index in [0.717, 1.165) is 0 Å². The van der Waals surface area contributed by atoms with Gasteiger partial charge in [0.05, 0.1) is 11.6 Å². The van der Waals surface area contributed by atoms with Crippen LogP contribution in [0.5, 0.6) is 0 Å². The second kappa shape index (κ2) is 3.37. The van der Waals surface area contributed by atoms with Crippen molar-refractivity contribution in [1.82, 2.24) is 4.98 Å². The molecule has 1 fully saturated rings. The molecular formula is C10H8F3N3. The standard InChI is InChI=1S/C10H8F3N3/c11-10(12,13)9(2-3-9)16-8-5-7(6-14)1-4-15-8/h1,4-5H,2-3H2,(H,15,16). The third-order valence-electron chi connectivity index (χ3n) is 2.55. The van der Waals surface area contributed by atoms with Crippen LogP contribution < -0.4 is 5.32 Å². The van der Waals surface area contributed by atoms with Gasteiger partial charge >= 0.3 is 6.18 Å². The number of anilines is 1. The van der Waals surface area contributed by atoms with E-state index < -0.39 is 11.7 Å². The van der Waals surface area contributed by atoms with Crippen LogP contribution in [0, 0.1) is 11.3 Å². The van der Waals surface area contributed by atoms with Gasteiger partial charge in [0, 0.05) is 6.20 Å². The lowest BCUT2D eigenvalue weighted by Crippen LogP contribution is -2.38. The summed E-state index contributed by atoms with van der Waals surface area (Å²) in [5.74, 6) is 0.0916. The second-order valence-electron chi connectivity index (χ2n) is 3.75. The molecule has 0 atom stereocenters. The van der Waals surface area contributed by atoms with Crippen molar-refractivity contribution in [3.8, 4) is 6.07 Å². The van der Waals surface area contributed by atoms with Gasteiger partial charge in [0.15, 0.2) is 0 Å². The number of rotatable bonds is 2. The maximum absolute atomic E-state index is 12.6. The molecule has 84 valence electrons. The molecule has 0 bridgehead atoms. The van der Waals surface area contributed by atoms with Gasteiger partial charge in [-0.05, 0) is 25.0 Å². The number of nitrogens with zero attached hydrogens (tertiary/aromatic N) is 2. The summed E-state index contributed by atoms with van der Waals surface area (Å²) >= 11 is 0. The molecule has 3 nitrogen and oxygen atoms in total. The molecular weight excluding hydrogens is 219 g/mol. The molecule has 1 saturated carbocycles. The first kappa shape index (κ1) is 10.7. The third kappa shape index (κ3) is 1.81. The van der Waals surface area contributed by atoms with Crippen LogP contribution in [0.3, 0.4) is 0 Å². The molecule has 0 amide bonds. The highest BCUT2D eigenvalue weighted by molar-refractivity contribution is 5.46. The third-order valence-corrected chi connectivity index (χ3v) is 2.55. The quantitative estimate of drug-likeness (QED) is 0.844. The number of hydrogen-bond acceptors (Lipinski definition) is 3. The predicted octanol–water partition coefficient (Wildman–Crippen LogP) is 2.46. The first-order valence-electron chi connectivity index (χ1n) is 4.68. The van der Waals surface area contributed by atoms with Gasteiger partial charge in [-0.3, -0.25) is 0 Å². The first-order chi connectivity index (χ1) is 7.47. The van der Waals surface area contributed by atoms with E-state index in [4.69, 9.17) is 5.26 Å². The summed E-state index contributed by atoms with van der Waals surface area (Å²) in [6, 6.07) is 4.61. The zero-order chi connectivity index (χ0) is 11.8. The van der Waals surface area contributed by atoms with Gasteiger partial charge in [-0.15, -0.1) is 0 Å². The Morgan fingerprint density at radius 3 is 2.62 bits per heavy atom. The summed E-state index contributed by atoms with van der Waals surface area (Å²) in [5, 5.41) is 11.0. The van der Waals surface area contributed by atoms with Gasteiger partial charge < -0.3 is 5.32 Å². The van der Waals surface area contributed by atoms with E-state index in [0.29, 0.717) is 0 Å². The number of halogens is 3. The van der Waals surface area contributed by atoms with Crippen molar-refractivity contribution in [2.45, 2.75) is 24.6 Å².